The van der Waals surface area contributed by atoms with E-state index in [1.807, 2.05) is 0 Å². The van der Waals surface area contributed by atoms with Gasteiger partial charge in [-0.25, -0.2) is 0 Å². The van der Waals surface area contributed by atoms with Gasteiger partial charge in [0, 0.05) is 84.5 Å². The van der Waals surface area contributed by atoms with E-state index in [4.69, 9.17) is 0 Å². The normalized spacial score (nSPS) is 0. The Hall–Kier alpha value is 2.75. The standard InChI is InChI=1S/Ag.Ni.Sn.Ti. The Labute approximate surface area is 83.1 Å². The van der Waals surface area contributed by atoms with Gasteiger partial charge < -0.3 is 0 Å². The van der Waals surface area contributed by atoms with Crippen molar-refractivity contribution in [2.45, 2.75) is 0 Å². The van der Waals surface area contributed by atoms with Gasteiger partial charge in [-0.2, -0.15) is 0 Å². The Morgan fingerprint density at radius 1 is 1.00 bits per heavy atom. The molecule has 0 N–H and O–H groups in total. The third-order valence-corrected chi connectivity index (χ3v) is 0. The fraction of sp³-hybridized carbons (Fsp3) is 0. The van der Waals surface area contributed by atoms with Crippen molar-refractivity contribution in [1.82, 2.24) is 0 Å². The van der Waals surface area contributed by atoms with Gasteiger partial charge in [0.25, 0.3) is 0 Å². The van der Waals surface area contributed by atoms with E-state index in [-0.39, 0.29) is 84.5 Å². The summed E-state index contributed by atoms with van der Waals surface area (Å²) in [7, 11) is 0. The van der Waals surface area contributed by atoms with Gasteiger partial charge in [0.15, 0.2) is 0 Å². The second-order valence-electron chi connectivity index (χ2n) is 0. The first-order valence-electron chi connectivity index (χ1n) is 0. The van der Waals surface area contributed by atoms with E-state index >= 15 is 0 Å². The summed E-state index contributed by atoms with van der Waals surface area (Å²) in [6.07, 6.45) is 0. The van der Waals surface area contributed by atoms with Gasteiger partial charge in [-0.1, -0.05) is 0 Å². The molecule has 0 heterocycles. The van der Waals surface area contributed by atoms with Crippen LogP contribution in [-0.2, 0) is 60.6 Å². The molecule has 0 fully saturated rings. The molecule has 0 aliphatic heterocycles. The van der Waals surface area contributed by atoms with Crippen molar-refractivity contribution < 1.29 is 60.6 Å². The van der Waals surface area contributed by atoms with Crippen LogP contribution in [0.25, 0.3) is 0 Å². The Morgan fingerprint density at radius 3 is 1.00 bits per heavy atom. The minimum absolute atomic E-state index is 0. The quantitative estimate of drug-likeness (QED) is 0.530. The van der Waals surface area contributed by atoms with E-state index in [0.29, 0.717) is 0 Å². The van der Waals surface area contributed by atoms with Crippen molar-refractivity contribution in [1.29, 1.82) is 0 Å². The molecule has 0 bridgehead atoms. The van der Waals surface area contributed by atoms with Gasteiger partial charge in [-0.15, -0.1) is 0 Å². The van der Waals surface area contributed by atoms with E-state index in [1.165, 1.54) is 0 Å². The molecule has 0 amide bonds. The first kappa shape index (κ1) is 29.5. The van der Waals surface area contributed by atoms with E-state index < -0.39 is 0 Å². The van der Waals surface area contributed by atoms with Crippen LogP contribution in [0.2, 0.25) is 0 Å². The number of hydrogen-bond donors (Lipinski definition) is 0. The van der Waals surface area contributed by atoms with Crippen LogP contribution >= 0.6 is 0 Å². The number of rotatable bonds is 0. The van der Waals surface area contributed by atoms with Gasteiger partial charge in [0.1, 0.15) is 0 Å². The minimum atomic E-state index is 0. The van der Waals surface area contributed by atoms with Crippen LogP contribution in [0.3, 0.4) is 0 Å². The zero-order valence-electron chi connectivity index (χ0n) is 1.62. The van der Waals surface area contributed by atoms with E-state index in [0.717, 1.165) is 0 Å². The van der Waals surface area contributed by atoms with Crippen LogP contribution in [0, 0.1) is 0 Å². The molecule has 0 rings (SSSR count). The molecule has 0 nitrogen and oxygen atoms in total. The molecule has 4 heavy (non-hydrogen) atoms. The van der Waals surface area contributed by atoms with Gasteiger partial charge in [0.2, 0.25) is 0 Å². The predicted octanol–water partition coefficient (Wildman–Crippen LogP) is -0.388. The second-order valence-corrected chi connectivity index (χ2v) is 0. The molecule has 0 aromatic heterocycles. The smallest absolute Gasteiger partial charge is 0 e. The SMILES string of the molecule is [Ag].[Ni].[Sn].[Ti]. The van der Waals surface area contributed by atoms with Crippen LogP contribution in [0.4, 0.5) is 0 Å². The van der Waals surface area contributed by atoms with Gasteiger partial charge >= 0.3 is 0 Å². The molecule has 4 heteroatoms. The van der Waals surface area contributed by atoms with Crippen molar-refractivity contribution in [3.63, 3.8) is 0 Å². The van der Waals surface area contributed by atoms with Crippen LogP contribution in [0.15, 0.2) is 0 Å². The summed E-state index contributed by atoms with van der Waals surface area (Å²) >= 11 is 0. The minimum Gasteiger partial charge on any atom is 0 e. The summed E-state index contributed by atoms with van der Waals surface area (Å²) in [5, 5.41) is 0. The molecule has 0 saturated heterocycles. The topological polar surface area (TPSA) is 0 Å². The maximum absolute atomic E-state index is 0. The largest absolute Gasteiger partial charge is 0 e. The Morgan fingerprint density at radius 2 is 1.00 bits per heavy atom. The zero-order chi connectivity index (χ0) is 0. The van der Waals surface area contributed by atoms with Crippen molar-refractivity contribution in [2.24, 2.45) is 0 Å². The van der Waals surface area contributed by atoms with Crippen molar-refractivity contribution >= 4 is 23.9 Å². The molecular formula is AgNiSnTi. The monoisotopic (exact) mass is 333 g/mol. The second kappa shape index (κ2) is 17.2. The summed E-state index contributed by atoms with van der Waals surface area (Å²) in [6, 6.07) is 0. The maximum Gasteiger partial charge on any atom is 0 e. The molecule has 0 aliphatic carbocycles. The van der Waals surface area contributed by atoms with Gasteiger partial charge in [-0.3, -0.25) is 0 Å². The molecule has 0 saturated carbocycles. The van der Waals surface area contributed by atoms with E-state index in [2.05, 4.69) is 0 Å². The van der Waals surface area contributed by atoms with Crippen LogP contribution in [-0.4, -0.2) is 23.9 Å². The third kappa shape index (κ3) is 8.83. The Kier molecular flexibility index (Phi) is 127. The zero-order valence-corrected chi connectivity index (χ0v) is 8.50. The van der Waals surface area contributed by atoms with Gasteiger partial charge in [-0.05, 0) is 0 Å². The molecule has 0 unspecified atom stereocenters. The van der Waals surface area contributed by atoms with E-state index in [9.17, 15) is 0 Å². The van der Waals surface area contributed by atoms with Crippen molar-refractivity contribution in [3.8, 4) is 0 Å². The average Bonchev–Trinajstić information content (AvgIpc) is 0. The van der Waals surface area contributed by atoms with Crippen LogP contribution in [0.1, 0.15) is 0 Å². The van der Waals surface area contributed by atoms with Gasteiger partial charge in [0.05, 0.1) is 0 Å². The molecule has 0 aromatic carbocycles. The average molecular weight is 333 g/mol. The summed E-state index contributed by atoms with van der Waals surface area (Å²) < 4.78 is 0. The predicted molar refractivity (Wildman–Crippen MR) is 5.75 cm³/mol. The van der Waals surface area contributed by atoms with Crippen molar-refractivity contribution in [3.05, 3.63) is 0 Å². The molecule has 29 valence electrons. The summed E-state index contributed by atoms with van der Waals surface area (Å²) in [4.78, 5) is 0. The van der Waals surface area contributed by atoms with E-state index in [1.54, 1.807) is 0 Å². The fourth-order valence-electron chi connectivity index (χ4n) is 0. The summed E-state index contributed by atoms with van der Waals surface area (Å²) in [5.74, 6) is 0. The fourth-order valence-corrected chi connectivity index (χ4v) is 0. The maximum atomic E-state index is 0. The summed E-state index contributed by atoms with van der Waals surface area (Å²) in [6.45, 7) is 0. The molecule has 0 aromatic rings. The first-order valence-corrected chi connectivity index (χ1v) is 0. The number of hydrogen-bond acceptors (Lipinski definition) is 0. The Bertz CT molecular complexity index is 8.00. The molecule has 0 aliphatic rings. The van der Waals surface area contributed by atoms with Crippen LogP contribution < -0.4 is 0 Å². The molecule has 0 atom stereocenters. The van der Waals surface area contributed by atoms with Crippen LogP contribution in [0.5, 0.6) is 0 Å². The third-order valence-electron chi connectivity index (χ3n) is 0. The summed E-state index contributed by atoms with van der Waals surface area (Å²) in [5.41, 5.74) is 0. The molecule has 0 spiro atoms. The molecule has 5 radical (unpaired) electrons. The Balaban J connectivity index is 0. The molecular weight excluding hydrogens is 333 g/mol. The first-order chi connectivity index (χ1) is 0. The van der Waals surface area contributed by atoms with Crippen molar-refractivity contribution in [2.75, 3.05) is 0 Å².